The summed E-state index contributed by atoms with van der Waals surface area (Å²) in [4.78, 5) is 59.6. The van der Waals surface area contributed by atoms with E-state index < -0.39 is 29.7 Å². The number of nitrogens with two attached hydrogens (primary N) is 1. The van der Waals surface area contributed by atoms with Crippen molar-refractivity contribution in [3.05, 3.63) is 66.0 Å². The Morgan fingerprint density at radius 2 is 1.65 bits per heavy atom. The number of rotatable bonds is 16. The number of hydrazone groups is 1. The number of aromatic nitrogens is 4. The molecule has 0 radical (unpaired) electrons. The minimum Gasteiger partial charge on any atom is -0.460 e. The lowest BCUT2D eigenvalue weighted by Crippen LogP contribution is -2.46. The summed E-state index contributed by atoms with van der Waals surface area (Å²) < 4.78 is 11.8. The Kier molecular flexibility index (Phi) is 17.5. The van der Waals surface area contributed by atoms with Gasteiger partial charge < -0.3 is 31.2 Å². The molecule has 0 fully saturated rings. The number of esters is 1. The van der Waals surface area contributed by atoms with Gasteiger partial charge in [-0.1, -0.05) is 62.4 Å². The van der Waals surface area contributed by atoms with Gasteiger partial charge in [0.1, 0.15) is 18.4 Å². The number of amides is 5. The van der Waals surface area contributed by atoms with Crippen LogP contribution in [0.3, 0.4) is 0 Å². The first-order chi connectivity index (χ1) is 24.6. The summed E-state index contributed by atoms with van der Waals surface area (Å²) in [5.41, 5.74) is 8.52. The summed E-state index contributed by atoms with van der Waals surface area (Å²) in [6.45, 7) is 9.28. The van der Waals surface area contributed by atoms with Crippen LogP contribution >= 0.6 is 0 Å². The van der Waals surface area contributed by atoms with Gasteiger partial charge in [-0.3, -0.25) is 19.2 Å². The number of hydrogen-bond acceptors (Lipinski definition) is 11. The summed E-state index contributed by atoms with van der Waals surface area (Å²) in [7, 11) is 3.08. The van der Waals surface area contributed by atoms with Crippen LogP contribution in [0, 0.1) is 5.92 Å². The second-order valence-electron chi connectivity index (χ2n) is 12.9. The van der Waals surface area contributed by atoms with E-state index in [2.05, 4.69) is 36.6 Å². The third-order valence-corrected chi connectivity index (χ3v) is 6.81. The zero-order valence-corrected chi connectivity index (χ0v) is 30.7. The van der Waals surface area contributed by atoms with Crippen molar-refractivity contribution in [2.75, 3.05) is 14.2 Å². The number of benzene rings is 2. The molecule has 6 N–H and O–H groups in total. The molecule has 17 nitrogen and oxygen atoms in total. The van der Waals surface area contributed by atoms with Gasteiger partial charge in [-0.2, -0.15) is 5.10 Å². The first-order valence-electron chi connectivity index (χ1n) is 16.6. The molecule has 282 valence electrons. The third-order valence-electron chi connectivity index (χ3n) is 6.81. The van der Waals surface area contributed by atoms with Gasteiger partial charge in [0.15, 0.2) is 5.82 Å². The molecule has 52 heavy (non-hydrogen) atoms. The van der Waals surface area contributed by atoms with Gasteiger partial charge >= 0.3 is 12.0 Å². The maximum atomic E-state index is 13.0. The maximum absolute atomic E-state index is 13.0. The minimum absolute atomic E-state index is 0.0922. The average Bonchev–Trinajstić information content (AvgIpc) is 3.52. The molecule has 3 rings (SSSR count). The first kappa shape index (κ1) is 42.5. The van der Waals surface area contributed by atoms with Crippen molar-refractivity contribution in [2.24, 2.45) is 16.8 Å². The van der Waals surface area contributed by atoms with Crippen LogP contribution in [-0.2, 0) is 37.0 Å². The van der Waals surface area contributed by atoms with Crippen molar-refractivity contribution in [3.63, 3.8) is 0 Å². The number of ether oxygens (including phenoxy) is 2. The van der Waals surface area contributed by atoms with Crippen LogP contribution < -0.4 is 27.1 Å². The Balaban J connectivity index is 0.000000381. The van der Waals surface area contributed by atoms with Crippen molar-refractivity contribution in [2.45, 2.75) is 84.7 Å². The summed E-state index contributed by atoms with van der Waals surface area (Å²) in [6.07, 6.45) is 2.21. The normalized spacial score (nSPS) is 12.2. The molecule has 0 aliphatic carbocycles. The number of likely N-dealkylation sites (N-methyl/N-ethyl adjacent to an activating group) is 1. The summed E-state index contributed by atoms with van der Waals surface area (Å²) in [5, 5.41) is 23.1. The zero-order valence-electron chi connectivity index (χ0n) is 30.7. The first-order valence-corrected chi connectivity index (χ1v) is 16.6. The van der Waals surface area contributed by atoms with Gasteiger partial charge in [0.05, 0.1) is 12.5 Å². The Bertz CT molecular complexity index is 1640. The molecular weight excluding hydrogens is 672 g/mol. The topological polar surface area (TPSA) is 234 Å². The second kappa shape index (κ2) is 21.5. The van der Waals surface area contributed by atoms with E-state index in [9.17, 15) is 24.0 Å². The molecule has 1 heterocycles. The Labute approximate surface area is 303 Å². The van der Waals surface area contributed by atoms with Crippen molar-refractivity contribution in [1.29, 1.82) is 0 Å². The van der Waals surface area contributed by atoms with E-state index in [1.807, 2.05) is 61.7 Å². The lowest BCUT2D eigenvalue weighted by molar-refractivity contribution is -0.155. The smallest absolute Gasteiger partial charge is 0.332 e. The fourth-order valence-electron chi connectivity index (χ4n) is 4.66. The molecule has 0 bridgehead atoms. The average molecular weight is 723 g/mol. The van der Waals surface area contributed by atoms with E-state index in [0.29, 0.717) is 30.7 Å². The molecule has 0 saturated carbocycles. The molecule has 1 aromatic heterocycles. The highest BCUT2D eigenvalue weighted by Crippen LogP contribution is 2.23. The lowest BCUT2D eigenvalue weighted by Gasteiger charge is -2.21. The number of urea groups is 1. The number of carbonyl (C=O) groups is 5. The molecule has 2 aromatic carbocycles. The van der Waals surface area contributed by atoms with Crippen LogP contribution in [0.1, 0.15) is 70.1 Å². The number of hydrogen-bond donors (Lipinski definition) is 5. The molecular formula is C35H50N10O7. The van der Waals surface area contributed by atoms with Gasteiger partial charge in [-0.25, -0.2) is 14.9 Å². The Morgan fingerprint density at radius 3 is 2.27 bits per heavy atom. The lowest BCUT2D eigenvalue weighted by atomic mass is 9.98. The zero-order chi connectivity index (χ0) is 38.7. The Hall–Kier alpha value is -5.71. The highest BCUT2D eigenvalue weighted by atomic mass is 16.6. The Morgan fingerprint density at radius 1 is 0.981 bits per heavy atom. The minimum atomic E-state index is -0.833. The number of primary amides is 1. The van der Waals surface area contributed by atoms with E-state index in [4.69, 9.17) is 15.2 Å². The van der Waals surface area contributed by atoms with E-state index >= 15 is 0 Å². The number of nitrogens with one attached hydrogen (secondary N) is 4. The summed E-state index contributed by atoms with van der Waals surface area (Å²) in [6, 6.07) is 14.7. The quantitative estimate of drug-likeness (QED) is 0.0822. The molecule has 0 spiro atoms. The highest BCUT2D eigenvalue weighted by Gasteiger charge is 2.24. The van der Waals surface area contributed by atoms with Crippen LogP contribution in [0.5, 0.6) is 0 Å². The predicted octanol–water partition coefficient (Wildman–Crippen LogP) is 2.32. The molecule has 2 atom stereocenters. The highest BCUT2D eigenvalue weighted by molar-refractivity contribution is 6.02. The van der Waals surface area contributed by atoms with Gasteiger partial charge in [-0.05, 0) is 60.7 Å². The van der Waals surface area contributed by atoms with E-state index in [1.54, 1.807) is 40.0 Å². The standard InChI is InChI=1S/C21H24N6O3.C14H26N4O4/c1-22-21(29)18(12-13-19-24-25-26-27(19)14-30-2)23-20(28)17-11-7-6-10-16(17)15-8-4-3-5-9-15;1-9(2)6-11(19)17-10(8-16-18-13(15)21)7-12(20)22-14(3,4)5/h3-11,18H,12-14H2,1-2H3,(H,22,29)(H,23,28);8-10H,6-7H2,1-5H3,(H,17,19)(H3,15,18,21)/b;16-8+/t18-;10-/m00/s1. The van der Waals surface area contributed by atoms with Crippen LogP contribution in [0.2, 0.25) is 0 Å². The third kappa shape index (κ3) is 15.9. The summed E-state index contributed by atoms with van der Waals surface area (Å²) in [5.74, 6) is -0.541. The van der Waals surface area contributed by atoms with Gasteiger partial charge in [0.2, 0.25) is 11.8 Å². The fourth-order valence-corrected chi connectivity index (χ4v) is 4.66. The second-order valence-corrected chi connectivity index (χ2v) is 12.9. The molecule has 3 aromatic rings. The number of methoxy groups -OCH3 is 1. The van der Waals surface area contributed by atoms with Gasteiger partial charge in [-0.15, -0.1) is 5.10 Å². The van der Waals surface area contributed by atoms with Crippen LogP contribution in [-0.4, -0.2) is 88.0 Å². The maximum Gasteiger partial charge on any atom is 0.332 e. The predicted molar refractivity (Wildman–Crippen MR) is 193 cm³/mol. The molecule has 0 aliphatic heterocycles. The monoisotopic (exact) mass is 722 g/mol. The number of aryl methyl sites for hydroxylation is 1. The van der Waals surface area contributed by atoms with Crippen LogP contribution in [0.15, 0.2) is 59.7 Å². The van der Waals surface area contributed by atoms with Crippen molar-refractivity contribution in [3.8, 4) is 11.1 Å². The number of tetrazole rings is 1. The van der Waals surface area contributed by atoms with Gasteiger partial charge in [0, 0.05) is 38.8 Å². The molecule has 0 aliphatic rings. The van der Waals surface area contributed by atoms with Gasteiger partial charge in [0.25, 0.3) is 5.91 Å². The molecule has 0 saturated heterocycles. The van der Waals surface area contributed by atoms with E-state index in [0.717, 1.165) is 11.1 Å². The molecule has 5 amide bonds. The van der Waals surface area contributed by atoms with E-state index in [1.165, 1.54) is 17.9 Å². The van der Waals surface area contributed by atoms with Crippen LogP contribution in [0.4, 0.5) is 4.79 Å². The van der Waals surface area contributed by atoms with E-state index in [-0.39, 0.29) is 36.8 Å². The SMILES string of the molecule is CC(C)CC(=O)N[C@H](/C=N/NC(N)=O)CC(=O)OC(C)(C)C.CNC(=O)[C@H](CCc1nnnn1COC)NC(=O)c1ccccc1-c1ccccc1. The number of carbonyl (C=O) groups excluding carboxylic acids is 5. The molecule has 0 unspecified atom stereocenters. The fraction of sp³-hybridized carbons (Fsp3) is 0.457. The van der Waals surface area contributed by atoms with Crippen molar-refractivity contribution < 1.29 is 33.4 Å². The largest absolute Gasteiger partial charge is 0.460 e. The summed E-state index contributed by atoms with van der Waals surface area (Å²) >= 11 is 0. The molecule has 17 heteroatoms. The number of nitrogens with zero attached hydrogens (tertiary/aromatic N) is 5. The van der Waals surface area contributed by atoms with Crippen LogP contribution in [0.25, 0.3) is 11.1 Å². The van der Waals surface area contributed by atoms with Crippen molar-refractivity contribution >= 4 is 35.9 Å². The van der Waals surface area contributed by atoms with Crippen molar-refractivity contribution in [1.82, 2.24) is 41.6 Å².